The number of hydrogen-bond acceptors (Lipinski definition) is 4. The molecule has 4 aliphatic rings. The van der Waals surface area contributed by atoms with Crippen LogP contribution in [0.2, 0.25) is 0 Å². The third kappa shape index (κ3) is 8.57. The van der Waals surface area contributed by atoms with E-state index in [0.717, 1.165) is 74.5 Å². The van der Waals surface area contributed by atoms with Crippen molar-refractivity contribution in [2.45, 2.75) is 103 Å². The van der Waals surface area contributed by atoms with E-state index >= 15 is 0 Å². The molecule has 4 aliphatic carbocycles. The summed E-state index contributed by atoms with van der Waals surface area (Å²) >= 11 is 0. The number of benzene rings is 7. The van der Waals surface area contributed by atoms with E-state index in [1.807, 2.05) is 24.3 Å². The summed E-state index contributed by atoms with van der Waals surface area (Å²) in [6.45, 7) is 9.87. The van der Waals surface area contributed by atoms with Crippen LogP contribution in [0.3, 0.4) is 0 Å². The smallest absolute Gasteiger partial charge is 0.164 e. The van der Waals surface area contributed by atoms with Crippen LogP contribution in [0.25, 0.3) is 78.3 Å². The molecule has 12 rings (SSSR count). The summed E-state index contributed by atoms with van der Waals surface area (Å²) in [7, 11) is 0. The molecule has 8 aromatic rings. The van der Waals surface area contributed by atoms with Crippen LogP contribution in [0, 0.1) is 46.8 Å². The molecule has 348 valence electrons. The van der Waals surface area contributed by atoms with Gasteiger partial charge in [0, 0.05) is 16.7 Å². The first kappa shape index (κ1) is 44.5. The zero-order chi connectivity index (χ0) is 47.6. The van der Waals surface area contributed by atoms with Crippen LogP contribution >= 0.6 is 0 Å². The molecule has 4 saturated carbocycles. The van der Waals surface area contributed by atoms with Crippen molar-refractivity contribution in [3.8, 4) is 73.6 Å². The number of nitrogens with zero attached hydrogens (tertiary/aromatic N) is 4. The van der Waals surface area contributed by atoms with Crippen molar-refractivity contribution < 1.29 is 0 Å². The molecule has 0 aliphatic heterocycles. The Morgan fingerprint density at radius 3 is 1.24 bits per heavy atom. The molecule has 1 aromatic heterocycles. The molecule has 0 radical (unpaired) electrons. The zero-order valence-electron chi connectivity index (χ0n) is 41.3. The molecular formula is C66H64N4. The molecule has 4 unspecified atom stereocenters. The molecule has 1 heterocycles. The molecule has 8 atom stereocenters. The lowest BCUT2D eigenvalue weighted by Gasteiger charge is -2.50. The van der Waals surface area contributed by atoms with E-state index in [0.29, 0.717) is 28.5 Å². The molecule has 4 bridgehead atoms. The van der Waals surface area contributed by atoms with Crippen molar-refractivity contribution in [1.82, 2.24) is 15.0 Å². The van der Waals surface area contributed by atoms with Crippen LogP contribution in [0.1, 0.15) is 109 Å². The maximum atomic E-state index is 9.65. The lowest BCUT2D eigenvalue weighted by molar-refractivity contribution is 0.0779. The maximum Gasteiger partial charge on any atom is 0.164 e. The first-order valence-electron chi connectivity index (χ1n) is 26.3. The summed E-state index contributed by atoms with van der Waals surface area (Å²) < 4.78 is 0. The monoisotopic (exact) mass is 913 g/mol. The Hall–Kier alpha value is -6.70. The largest absolute Gasteiger partial charge is 0.208 e. The van der Waals surface area contributed by atoms with Crippen molar-refractivity contribution in [2.75, 3.05) is 0 Å². The van der Waals surface area contributed by atoms with Gasteiger partial charge in [-0.2, -0.15) is 5.26 Å². The third-order valence-electron chi connectivity index (χ3n) is 17.2. The normalized spacial score (nSPS) is 26.1. The predicted molar refractivity (Wildman–Crippen MR) is 288 cm³/mol. The number of nitriles is 1. The Labute approximate surface area is 415 Å². The topological polar surface area (TPSA) is 62.5 Å². The highest BCUT2D eigenvalue weighted by Gasteiger charge is 2.46. The molecule has 4 fully saturated rings. The van der Waals surface area contributed by atoms with Gasteiger partial charge < -0.3 is 0 Å². The van der Waals surface area contributed by atoms with Gasteiger partial charge in [-0.15, -0.1) is 0 Å². The van der Waals surface area contributed by atoms with Crippen LogP contribution in [0.15, 0.2) is 158 Å². The minimum Gasteiger partial charge on any atom is -0.208 e. The lowest BCUT2D eigenvalue weighted by atomic mass is 9.54. The summed E-state index contributed by atoms with van der Waals surface area (Å²) in [5.41, 5.74) is 13.7. The molecule has 0 saturated heterocycles. The van der Waals surface area contributed by atoms with Crippen LogP contribution in [-0.2, 0) is 10.8 Å². The number of hydrogen-bond donors (Lipinski definition) is 0. The number of fused-ring (bicyclic) bond motifs is 5. The highest BCUT2D eigenvalue weighted by molar-refractivity contribution is 5.89. The fraction of sp³-hybridized carbons (Fsp3) is 0.333. The van der Waals surface area contributed by atoms with Gasteiger partial charge in [-0.25, -0.2) is 15.0 Å². The van der Waals surface area contributed by atoms with E-state index < -0.39 is 0 Å². The quantitative estimate of drug-likeness (QED) is 0.152. The van der Waals surface area contributed by atoms with E-state index in [9.17, 15) is 5.26 Å². The van der Waals surface area contributed by atoms with E-state index in [-0.39, 0.29) is 5.41 Å². The van der Waals surface area contributed by atoms with Crippen molar-refractivity contribution in [2.24, 2.45) is 35.5 Å². The average Bonchev–Trinajstić information content (AvgIpc) is 3.37. The van der Waals surface area contributed by atoms with E-state index in [1.165, 1.54) is 97.2 Å². The van der Waals surface area contributed by atoms with Gasteiger partial charge in [0.15, 0.2) is 17.5 Å². The van der Waals surface area contributed by atoms with E-state index in [1.54, 1.807) is 0 Å². The lowest BCUT2D eigenvalue weighted by Crippen LogP contribution is -2.42. The molecule has 70 heavy (non-hydrogen) atoms. The first-order valence-corrected chi connectivity index (χ1v) is 26.3. The molecule has 0 amide bonds. The highest BCUT2D eigenvalue weighted by atomic mass is 15.0. The summed E-state index contributed by atoms with van der Waals surface area (Å²) in [5, 5.41) is 12.0. The highest BCUT2D eigenvalue weighted by Crippen LogP contribution is 2.55. The standard InChI is InChI=1S/C66H64N4/c1-42-27-47-28-43(2)36-65(35-42,39-47)60-23-19-51(20-24-60)50-13-16-53(17-14-50)62-68-63(54-21-25-61(26-22-54)66-37-44(3)29-48(40-66)30-45(4)38-66)70-64(69-62)59-33-57(52-11-9-46(41-67)10-12-52)32-58(34-59)56-18-15-49-7-5-6-8-55(49)31-56/h5-26,31-34,42-45,47-48H,27-30,35-40H2,1-4H3/t42-,43+,44-,45+,47?,48?,65?,66?. The molecule has 7 aromatic carbocycles. The Bertz CT molecular complexity index is 3210. The Morgan fingerprint density at radius 1 is 0.371 bits per heavy atom. The average molecular weight is 913 g/mol. The second-order valence-electron chi connectivity index (χ2n) is 23.0. The van der Waals surface area contributed by atoms with Crippen molar-refractivity contribution >= 4 is 10.8 Å². The van der Waals surface area contributed by atoms with Crippen LogP contribution in [0.4, 0.5) is 0 Å². The Morgan fingerprint density at radius 2 is 0.743 bits per heavy atom. The zero-order valence-corrected chi connectivity index (χ0v) is 41.3. The Kier molecular flexibility index (Phi) is 11.4. The Balaban J connectivity index is 0.944. The minimum atomic E-state index is 0.243. The van der Waals surface area contributed by atoms with Gasteiger partial charge in [0.2, 0.25) is 0 Å². The predicted octanol–water partition coefficient (Wildman–Crippen LogP) is 17.1. The number of aromatic nitrogens is 3. The van der Waals surface area contributed by atoms with Crippen LogP contribution < -0.4 is 0 Å². The summed E-state index contributed by atoms with van der Waals surface area (Å²) in [6.07, 6.45) is 13.3. The fourth-order valence-electron chi connectivity index (χ4n) is 14.9. The van der Waals surface area contributed by atoms with Gasteiger partial charge in [-0.3, -0.25) is 0 Å². The van der Waals surface area contributed by atoms with Crippen molar-refractivity contribution in [3.05, 3.63) is 174 Å². The van der Waals surface area contributed by atoms with Crippen molar-refractivity contribution in [3.63, 3.8) is 0 Å². The molecule has 0 spiro atoms. The van der Waals surface area contributed by atoms with Gasteiger partial charge >= 0.3 is 0 Å². The fourth-order valence-corrected chi connectivity index (χ4v) is 14.9. The maximum absolute atomic E-state index is 9.65. The van der Waals surface area contributed by atoms with Gasteiger partial charge in [0.05, 0.1) is 11.6 Å². The van der Waals surface area contributed by atoms with Gasteiger partial charge in [-0.05, 0) is 202 Å². The molecular weight excluding hydrogens is 849 g/mol. The first-order chi connectivity index (χ1) is 34.1. The molecule has 0 N–H and O–H groups in total. The van der Waals surface area contributed by atoms with E-state index in [2.05, 4.69) is 167 Å². The summed E-state index contributed by atoms with van der Waals surface area (Å²) in [4.78, 5) is 16.0. The third-order valence-corrected chi connectivity index (χ3v) is 17.2. The minimum absolute atomic E-state index is 0.243. The SMILES string of the molecule is C[C@@H]1CC2C[C@H](C)CC(c3ccc(-c4ccc(-c5nc(-c6ccc(C78CC(C[C@@H](C)C7)C[C@H](C)C8)cc6)nc(-c6cc(-c7ccc(C#N)cc7)cc(-c7ccc8ccccc8c7)c6)n5)cc4)cc3)(C2)C1. The molecule has 4 heteroatoms. The van der Waals surface area contributed by atoms with Gasteiger partial charge in [0.1, 0.15) is 0 Å². The molecule has 4 nitrogen and oxygen atoms in total. The summed E-state index contributed by atoms with van der Waals surface area (Å²) in [5.74, 6) is 6.71. The van der Waals surface area contributed by atoms with Crippen LogP contribution in [0.5, 0.6) is 0 Å². The second kappa shape index (κ2) is 17.9. The van der Waals surface area contributed by atoms with Crippen LogP contribution in [-0.4, -0.2) is 15.0 Å². The van der Waals surface area contributed by atoms with Crippen molar-refractivity contribution in [1.29, 1.82) is 5.26 Å². The van der Waals surface area contributed by atoms with Gasteiger partial charge in [-0.1, -0.05) is 149 Å². The summed E-state index contributed by atoms with van der Waals surface area (Å²) in [6, 6.07) is 59.7. The number of rotatable bonds is 8. The second-order valence-corrected chi connectivity index (χ2v) is 23.0. The van der Waals surface area contributed by atoms with Gasteiger partial charge in [0.25, 0.3) is 0 Å². The van der Waals surface area contributed by atoms with E-state index in [4.69, 9.17) is 15.0 Å².